The van der Waals surface area contributed by atoms with Gasteiger partial charge in [0, 0.05) is 18.8 Å². The summed E-state index contributed by atoms with van der Waals surface area (Å²) in [5, 5.41) is 14.0. The SMILES string of the molecule is CC(C)CN(CC(O)[C@H](Cc1ccccc1)NC(=O)OCc1ccccc1)S(=O)(=O)c1ccc(N)cc1. The van der Waals surface area contributed by atoms with Gasteiger partial charge >= 0.3 is 6.09 Å². The average molecular weight is 526 g/mol. The van der Waals surface area contributed by atoms with Gasteiger partial charge in [0.1, 0.15) is 6.61 Å². The smallest absolute Gasteiger partial charge is 0.407 e. The molecule has 0 bridgehead atoms. The maximum Gasteiger partial charge on any atom is 0.407 e. The molecule has 1 amide bonds. The molecule has 0 saturated carbocycles. The number of amides is 1. The number of carbonyl (C=O) groups excluding carboxylic acids is 1. The summed E-state index contributed by atoms with van der Waals surface area (Å²) in [6, 6.07) is 23.8. The average Bonchev–Trinajstić information content (AvgIpc) is 2.88. The van der Waals surface area contributed by atoms with E-state index in [0.717, 1.165) is 11.1 Å². The van der Waals surface area contributed by atoms with Gasteiger partial charge < -0.3 is 20.9 Å². The predicted molar refractivity (Wildman–Crippen MR) is 144 cm³/mol. The van der Waals surface area contributed by atoms with Crippen LogP contribution >= 0.6 is 0 Å². The maximum absolute atomic E-state index is 13.4. The first-order chi connectivity index (χ1) is 17.6. The summed E-state index contributed by atoms with van der Waals surface area (Å²) in [5.41, 5.74) is 7.89. The van der Waals surface area contributed by atoms with Crippen LogP contribution in [-0.4, -0.2) is 49.2 Å². The van der Waals surface area contributed by atoms with Crippen molar-refractivity contribution in [2.24, 2.45) is 5.92 Å². The van der Waals surface area contributed by atoms with E-state index in [0.29, 0.717) is 12.1 Å². The van der Waals surface area contributed by atoms with Crippen LogP contribution in [0, 0.1) is 5.92 Å². The molecule has 2 atom stereocenters. The summed E-state index contributed by atoms with van der Waals surface area (Å²) < 4.78 is 33.5. The number of benzene rings is 3. The van der Waals surface area contributed by atoms with E-state index < -0.39 is 28.3 Å². The number of nitrogens with two attached hydrogens (primary N) is 1. The fraction of sp³-hybridized carbons (Fsp3) is 0.321. The third kappa shape index (κ3) is 8.59. The Morgan fingerprint density at radius 3 is 2.05 bits per heavy atom. The Hall–Kier alpha value is -3.40. The zero-order chi connectivity index (χ0) is 26.8. The van der Waals surface area contributed by atoms with Gasteiger partial charge in [-0.05, 0) is 47.7 Å². The van der Waals surface area contributed by atoms with E-state index in [1.165, 1.54) is 28.6 Å². The monoisotopic (exact) mass is 525 g/mol. The molecule has 0 fully saturated rings. The van der Waals surface area contributed by atoms with Gasteiger partial charge in [-0.15, -0.1) is 0 Å². The molecule has 9 heteroatoms. The second-order valence-corrected chi connectivity index (χ2v) is 11.3. The molecule has 0 aromatic heterocycles. The quantitative estimate of drug-likeness (QED) is 0.309. The maximum atomic E-state index is 13.4. The molecule has 0 aliphatic rings. The Kier molecular flexibility index (Phi) is 10.1. The fourth-order valence-corrected chi connectivity index (χ4v) is 5.49. The van der Waals surface area contributed by atoms with Crippen molar-refractivity contribution < 1.29 is 23.1 Å². The van der Waals surface area contributed by atoms with Gasteiger partial charge in [-0.2, -0.15) is 4.31 Å². The summed E-state index contributed by atoms with van der Waals surface area (Å²) in [7, 11) is -3.92. The zero-order valence-electron chi connectivity index (χ0n) is 21.2. The largest absolute Gasteiger partial charge is 0.445 e. The van der Waals surface area contributed by atoms with Crippen LogP contribution in [0.2, 0.25) is 0 Å². The molecule has 0 saturated heterocycles. The normalized spacial score (nSPS) is 13.3. The summed E-state index contributed by atoms with van der Waals surface area (Å²) in [6.07, 6.45) is -1.60. The molecule has 0 aliphatic heterocycles. The lowest BCUT2D eigenvalue weighted by molar-refractivity contribution is 0.0873. The number of aliphatic hydroxyl groups excluding tert-OH is 1. The molecule has 0 spiro atoms. The van der Waals surface area contributed by atoms with Gasteiger partial charge in [0.05, 0.1) is 17.0 Å². The zero-order valence-corrected chi connectivity index (χ0v) is 22.0. The van der Waals surface area contributed by atoms with Crippen molar-refractivity contribution in [1.82, 2.24) is 9.62 Å². The highest BCUT2D eigenvalue weighted by atomic mass is 32.2. The number of hydrogen-bond acceptors (Lipinski definition) is 6. The minimum absolute atomic E-state index is 0.00660. The van der Waals surface area contributed by atoms with Crippen molar-refractivity contribution >= 4 is 21.8 Å². The highest BCUT2D eigenvalue weighted by Gasteiger charge is 2.31. The summed E-state index contributed by atoms with van der Waals surface area (Å²) >= 11 is 0. The molecule has 3 aromatic rings. The number of ether oxygens (including phenoxy) is 1. The lowest BCUT2D eigenvalue weighted by atomic mass is 10.0. The third-order valence-corrected chi connectivity index (χ3v) is 7.60. The fourth-order valence-electron chi connectivity index (χ4n) is 3.87. The summed E-state index contributed by atoms with van der Waals surface area (Å²) in [4.78, 5) is 12.7. The van der Waals surface area contributed by atoms with Crippen LogP contribution in [0.4, 0.5) is 10.5 Å². The van der Waals surface area contributed by atoms with Gasteiger partial charge in [-0.3, -0.25) is 0 Å². The molecule has 1 unspecified atom stereocenters. The van der Waals surface area contributed by atoms with Crippen molar-refractivity contribution in [3.05, 3.63) is 96.1 Å². The van der Waals surface area contributed by atoms with E-state index in [1.807, 2.05) is 74.5 Å². The van der Waals surface area contributed by atoms with Gasteiger partial charge in [0.2, 0.25) is 10.0 Å². The lowest BCUT2D eigenvalue weighted by Gasteiger charge is -2.30. The van der Waals surface area contributed by atoms with E-state index >= 15 is 0 Å². The second-order valence-electron chi connectivity index (χ2n) is 9.35. The number of nitrogens with zero attached hydrogens (tertiary/aromatic N) is 1. The van der Waals surface area contributed by atoms with E-state index in [-0.39, 0.29) is 30.5 Å². The summed E-state index contributed by atoms with van der Waals surface area (Å²) in [5.74, 6) is 0.00660. The number of alkyl carbamates (subject to hydrolysis) is 1. The van der Waals surface area contributed by atoms with Crippen LogP contribution in [0.5, 0.6) is 0 Å². The van der Waals surface area contributed by atoms with Crippen molar-refractivity contribution in [2.45, 2.75) is 43.9 Å². The minimum Gasteiger partial charge on any atom is -0.445 e. The first-order valence-electron chi connectivity index (χ1n) is 12.2. The predicted octanol–water partition coefficient (Wildman–Crippen LogP) is 3.81. The standard InChI is InChI=1S/C28H35N3O5S/c1-21(2)18-31(37(34,35)25-15-13-24(29)14-16-25)19-27(32)26(17-22-9-5-3-6-10-22)30-28(33)36-20-23-11-7-4-8-12-23/h3-16,21,26-27,32H,17-20,29H2,1-2H3,(H,30,33)/t26-,27?/m0/s1. The van der Waals surface area contributed by atoms with Gasteiger partial charge in [0.15, 0.2) is 0 Å². The van der Waals surface area contributed by atoms with Crippen LogP contribution in [0.15, 0.2) is 89.8 Å². The molecular weight excluding hydrogens is 490 g/mol. The highest BCUT2D eigenvalue weighted by Crippen LogP contribution is 2.20. The Labute approximate surface area is 219 Å². The number of nitrogens with one attached hydrogen (secondary N) is 1. The molecule has 4 N–H and O–H groups in total. The lowest BCUT2D eigenvalue weighted by Crippen LogP contribution is -2.51. The van der Waals surface area contributed by atoms with Crippen LogP contribution in [0.25, 0.3) is 0 Å². The molecule has 0 radical (unpaired) electrons. The Bertz CT molecular complexity index is 1220. The second kappa shape index (κ2) is 13.2. The number of aliphatic hydroxyl groups is 1. The van der Waals surface area contributed by atoms with Crippen LogP contribution in [0.3, 0.4) is 0 Å². The Morgan fingerprint density at radius 2 is 1.49 bits per heavy atom. The molecule has 37 heavy (non-hydrogen) atoms. The molecule has 198 valence electrons. The number of sulfonamides is 1. The molecule has 0 heterocycles. The van der Waals surface area contributed by atoms with E-state index in [2.05, 4.69) is 5.32 Å². The molecule has 8 nitrogen and oxygen atoms in total. The van der Waals surface area contributed by atoms with Crippen molar-refractivity contribution in [3.8, 4) is 0 Å². The number of carbonyl (C=O) groups is 1. The number of hydrogen-bond donors (Lipinski definition) is 3. The van der Waals surface area contributed by atoms with Crippen molar-refractivity contribution in [2.75, 3.05) is 18.8 Å². The Balaban J connectivity index is 1.79. The van der Waals surface area contributed by atoms with Gasteiger partial charge in [-0.25, -0.2) is 13.2 Å². The van der Waals surface area contributed by atoms with E-state index in [4.69, 9.17) is 10.5 Å². The first kappa shape index (κ1) is 28.2. The topological polar surface area (TPSA) is 122 Å². The van der Waals surface area contributed by atoms with E-state index in [1.54, 1.807) is 0 Å². The number of rotatable bonds is 12. The van der Waals surface area contributed by atoms with Gasteiger partial charge in [0.25, 0.3) is 0 Å². The molecular formula is C28H35N3O5S. The Morgan fingerprint density at radius 1 is 0.919 bits per heavy atom. The van der Waals surface area contributed by atoms with Gasteiger partial charge in [-0.1, -0.05) is 74.5 Å². The molecule has 3 aromatic carbocycles. The summed E-state index contributed by atoms with van der Waals surface area (Å²) in [6.45, 7) is 3.87. The minimum atomic E-state index is -3.92. The highest BCUT2D eigenvalue weighted by molar-refractivity contribution is 7.89. The van der Waals surface area contributed by atoms with Crippen LogP contribution < -0.4 is 11.1 Å². The number of anilines is 1. The van der Waals surface area contributed by atoms with Crippen LogP contribution in [-0.2, 0) is 27.8 Å². The van der Waals surface area contributed by atoms with Crippen molar-refractivity contribution in [1.29, 1.82) is 0 Å². The van der Waals surface area contributed by atoms with E-state index in [9.17, 15) is 18.3 Å². The van der Waals surface area contributed by atoms with Crippen LogP contribution in [0.1, 0.15) is 25.0 Å². The van der Waals surface area contributed by atoms with Crippen molar-refractivity contribution in [3.63, 3.8) is 0 Å². The third-order valence-electron chi connectivity index (χ3n) is 5.76. The first-order valence-corrected chi connectivity index (χ1v) is 13.6. The molecule has 0 aliphatic carbocycles. The number of nitrogen functional groups attached to an aromatic ring is 1. The molecule has 3 rings (SSSR count).